The van der Waals surface area contributed by atoms with E-state index >= 15 is 0 Å². The van der Waals surface area contributed by atoms with Gasteiger partial charge in [-0.3, -0.25) is 9.59 Å². The standard InChI is InChI=1S/C20H22N2O4S2/c1-10-5-6-13-11(7-10)8-15(27-13)20(25)26-9-16(23)22-19-17(18(21)24)12-3-2-4-14(12)28-19/h8,10H,2-7,9H2,1H3,(H2,21,24)(H,22,23)/t10-/m0/s1. The molecule has 0 radical (unpaired) electrons. The highest BCUT2D eigenvalue weighted by Gasteiger charge is 2.26. The number of nitrogens with two attached hydrogens (primary N) is 1. The zero-order chi connectivity index (χ0) is 19.8. The first-order valence-corrected chi connectivity index (χ1v) is 11.1. The number of thiophene rings is 2. The largest absolute Gasteiger partial charge is 0.451 e. The van der Waals surface area contributed by atoms with Crippen LogP contribution >= 0.6 is 22.7 Å². The Morgan fingerprint density at radius 2 is 2.04 bits per heavy atom. The number of esters is 1. The fourth-order valence-corrected chi connectivity index (χ4v) is 6.34. The first-order valence-electron chi connectivity index (χ1n) is 9.45. The maximum atomic E-state index is 12.3. The van der Waals surface area contributed by atoms with Gasteiger partial charge >= 0.3 is 5.97 Å². The second-order valence-electron chi connectivity index (χ2n) is 7.46. The Bertz CT molecular complexity index is 960. The summed E-state index contributed by atoms with van der Waals surface area (Å²) >= 11 is 2.84. The summed E-state index contributed by atoms with van der Waals surface area (Å²) in [4.78, 5) is 39.3. The highest BCUT2D eigenvalue weighted by atomic mass is 32.1. The smallest absolute Gasteiger partial charge is 0.348 e. The predicted octanol–water partition coefficient (Wildman–Crippen LogP) is 3.32. The van der Waals surface area contributed by atoms with Crippen LogP contribution in [-0.4, -0.2) is 24.4 Å². The van der Waals surface area contributed by atoms with Crippen LogP contribution in [0, 0.1) is 5.92 Å². The molecule has 0 fully saturated rings. The molecule has 28 heavy (non-hydrogen) atoms. The van der Waals surface area contributed by atoms with Crippen molar-refractivity contribution in [2.24, 2.45) is 11.7 Å². The zero-order valence-electron chi connectivity index (χ0n) is 15.6. The van der Waals surface area contributed by atoms with Crippen LogP contribution in [0.3, 0.4) is 0 Å². The maximum Gasteiger partial charge on any atom is 0.348 e. The third-order valence-corrected chi connectivity index (χ3v) is 7.71. The summed E-state index contributed by atoms with van der Waals surface area (Å²) in [5.74, 6) is -0.856. The minimum absolute atomic E-state index is 0.390. The third kappa shape index (κ3) is 3.71. The van der Waals surface area contributed by atoms with E-state index < -0.39 is 24.4 Å². The van der Waals surface area contributed by atoms with Crippen molar-refractivity contribution >= 4 is 45.5 Å². The molecule has 2 heterocycles. The van der Waals surface area contributed by atoms with E-state index in [0.717, 1.165) is 49.0 Å². The predicted molar refractivity (Wildman–Crippen MR) is 109 cm³/mol. The van der Waals surface area contributed by atoms with Crippen molar-refractivity contribution in [1.82, 2.24) is 0 Å². The van der Waals surface area contributed by atoms with E-state index in [1.807, 2.05) is 6.07 Å². The van der Waals surface area contributed by atoms with Gasteiger partial charge in [0.25, 0.3) is 11.8 Å². The van der Waals surface area contributed by atoms with Crippen molar-refractivity contribution in [3.05, 3.63) is 37.4 Å². The van der Waals surface area contributed by atoms with Crippen LogP contribution in [-0.2, 0) is 35.2 Å². The monoisotopic (exact) mass is 418 g/mol. The summed E-state index contributed by atoms with van der Waals surface area (Å²) < 4.78 is 5.19. The van der Waals surface area contributed by atoms with Crippen molar-refractivity contribution in [2.45, 2.75) is 45.4 Å². The molecule has 2 aromatic heterocycles. The number of hydrogen-bond donors (Lipinski definition) is 2. The number of primary amides is 1. The molecule has 0 bridgehead atoms. The van der Waals surface area contributed by atoms with Gasteiger partial charge in [0.05, 0.1) is 5.56 Å². The Hall–Kier alpha value is -2.19. The van der Waals surface area contributed by atoms with Gasteiger partial charge in [-0.2, -0.15) is 0 Å². The number of anilines is 1. The number of carbonyl (C=O) groups excluding carboxylic acids is 3. The summed E-state index contributed by atoms with van der Waals surface area (Å²) in [6, 6.07) is 1.89. The molecule has 0 saturated heterocycles. The van der Waals surface area contributed by atoms with E-state index in [9.17, 15) is 14.4 Å². The van der Waals surface area contributed by atoms with Crippen LogP contribution in [0.4, 0.5) is 5.00 Å². The van der Waals surface area contributed by atoms with Crippen LogP contribution < -0.4 is 11.1 Å². The number of fused-ring (bicyclic) bond motifs is 2. The molecule has 0 aromatic carbocycles. The second-order valence-corrected chi connectivity index (χ2v) is 9.70. The van der Waals surface area contributed by atoms with Gasteiger partial charge in [-0.25, -0.2) is 4.79 Å². The number of amides is 2. The maximum absolute atomic E-state index is 12.3. The summed E-state index contributed by atoms with van der Waals surface area (Å²) in [5.41, 5.74) is 8.07. The number of rotatable bonds is 5. The lowest BCUT2D eigenvalue weighted by Crippen LogP contribution is -2.22. The van der Waals surface area contributed by atoms with Crippen LogP contribution in [0.5, 0.6) is 0 Å². The van der Waals surface area contributed by atoms with Crippen molar-refractivity contribution < 1.29 is 19.1 Å². The van der Waals surface area contributed by atoms with E-state index in [2.05, 4.69) is 12.2 Å². The molecule has 2 amide bonds. The molecule has 2 aromatic rings. The minimum atomic E-state index is -0.537. The van der Waals surface area contributed by atoms with Gasteiger partial charge in [0.1, 0.15) is 9.88 Å². The zero-order valence-corrected chi connectivity index (χ0v) is 17.3. The fraction of sp³-hybridized carbons (Fsp3) is 0.450. The Balaban J connectivity index is 1.38. The molecule has 6 nitrogen and oxygen atoms in total. The average Bonchev–Trinajstić information content (AvgIpc) is 3.32. The first-order chi connectivity index (χ1) is 13.4. The minimum Gasteiger partial charge on any atom is -0.451 e. The molecule has 8 heteroatoms. The molecule has 0 spiro atoms. The Morgan fingerprint density at radius 3 is 2.82 bits per heavy atom. The van der Waals surface area contributed by atoms with Gasteiger partial charge in [0, 0.05) is 9.75 Å². The quantitative estimate of drug-likeness (QED) is 0.728. The second kappa shape index (κ2) is 7.67. The number of aryl methyl sites for hydroxylation is 2. The molecule has 0 unspecified atom stereocenters. The Kier molecular flexibility index (Phi) is 5.25. The van der Waals surface area contributed by atoms with Crippen LogP contribution in [0.2, 0.25) is 0 Å². The van der Waals surface area contributed by atoms with Gasteiger partial charge in [0.2, 0.25) is 0 Å². The highest BCUT2D eigenvalue weighted by molar-refractivity contribution is 7.17. The van der Waals surface area contributed by atoms with Crippen LogP contribution in [0.1, 0.15) is 60.7 Å². The van der Waals surface area contributed by atoms with Crippen molar-refractivity contribution in [2.75, 3.05) is 11.9 Å². The van der Waals surface area contributed by atoms with E-state index in [1.54, 1.807) is 0 Å². The van der Waals surface area contributed by atoms with Gasteiger partial charge in [0.15, 0.2) is 6.61 Å². The lowest BCUT2D eigenvalue weighted by Gasteiger charge is -2.16. The molecular weight excluding hydrogens is 396 g/mol. The molecule has 2 aliphatic rings. The van der Waals surface area contributed by atoms with Crippen LogP contribution in [0.15, 0.2) is 6.07 Å². The number of hydrogen-bond acceptors (Lipinski definition) is 6. The van der Waals surface area contributed by atoms with Crippen molar-refractivity contribution in [3.8, 4) is 0 Å². The summed E-state index contributed by atoms with van der Waals surface area (Å²) in [6.07, 6.45) is 5.81. The van der Waals surface area contributed by atoms with Gasteiger partial charge in [-0.15, -0.1) is 22.7 Å². The average molecular weight is 419 g/mol. The van der Waals surface area contributed by atoms with Gasteiger partial charge < -0.3 is 15.8 Å². The lowest BCUT2D eigenvalue weighted by molar-refractivity contribution is -0.119. The van der Waals surface area contributed by atoms with E-state index in [0.29, 0.717) is 21.4 Å². The lowest BCUT2D eigenvalue weighted by atomic mass is 9.90. The van der Waals surface area contributed by atoms with E-state index in [4.69, 9.17) is 10.5 Å². The molecule has 148 valence electrons. The normalized spacial score (nSPS) is 17.7. The van der Waals surface area contributed by atoms with Crippen molar-refractivity contribution in [1.29, 1.82) is 0 Å². The molecule has 0 saturated carbocycles. The van der Waals surface area contributed by atoms with Crippen LogP contribution in [0.25, 0.3) is 0 Å². The summed E-state index contributed by atoms with van der Waals surface area (Å²) in [5, 5.41) is 3.15. The molecule has 0 aliphatic heterocycles. The SMILES string of the molecule is C[C@H]1CCc2sc(C(=O)OCC(=O)Nc3sc4c(c3C(N)=O)CCC4)cc2C1. The molecule has 1 atom stereocenters. The highest BCUT2D eigenvalue weighted by Crippen LogP contribution is 2.38. The van der Waals surface area contributed by atoms with Gasteiger partial charge in [-0.1, -0.05) is 6.92 Å². The molecule has 2 aliphatic carbocycles. The van der Waals surface area contributed by atoms with E-state index in [1.165, 1.54) is 33.1 Å². The van der Waals surface area contributed by atoms with Crippen molar-refractivity contribution in [3.63, 3.8) is 0 Å². The fourth-order valence-electron chi connectivity index (χ4n) is 3.92. The number of carbonyl (C=O) groups is 3. The molecule has 3 N–H and O–H groups in total. The van der Waals surface area contributed by atoms with E-state index in [-0.39, 0.29) is 0 Å². The first kappa shape index (κ1) is 19.1. The molecular formula is C20H22N2O4S2. The Morgan fingerprint density at radius 1 is 1.21 bits per heavy atom. The number of ether oxygens (including phenoxy) is 1. The topological polar surface area (TPSA) is 98.5 Å². The Labute approximate surface area is 171 Å². The number of nitrogens with one attached hydrogen (secondary N) is 1. The summed E-state index contributed by atoms with van der Waals surface area (Å²) in [6.45, 7) is 1.82. The van der Waals surface area contributed by atoms with Gasteiger partial charge in [-0.05, 0) is 61.6 Å². The summed E-state index contributed by atoms with van der Waals surface area (Å²) in [7, 11) is 0. The third-order valence-electron chi connectivity index (χ3n) is 5.29. The molecule has 4 rings (SSSR count).